The van der Waals surface area contributed by atoms with Gasteiger partial charge in [-0.1, -0.05) is 96.9 Å². The van der Waals surface area contributed by atoms with Crippen molar-refractivity contribution in [2.24, 2.45) is 0 Å². The molecule has 0 aliphatic carbocycles. The smallest absolute Gasteiger partial charge is 0.136 e. The maximum absolute atomic E-state index is 9.79. The number of hydrogen-bond donors (Lipinski definition) is 0. The third-order valence-corrected chi connectivity index (χ3v) is 8.29. The minimum absolute atomic E-state index is 0.0106. The molecule has 3 heterocycles. The summed E-state index contributed by atoms with van der Waals surface area (Å²) in [6, 6.07) is 14.8. The van der Waals surface area contributed by atoms with Crippen molar-refractivity contribution < 1.29 is 23.6 Å². The second-order valence-electron chi connectivity index (χ2n) is 10.7. The number of aromatic nitrogens is 2. The number of rotatable bonds is 3. The molecule has 10 rings (SSSR count). The maximum Gasteiger partial charge on any atom is 0.136 e. The molecule has 0 atom stereocenters. The van der Waals surface area contributed by atoms with E-state index in [0.717, 1.165) is 10.8 Å². The minimum atomic E-state index is -0.562. The number of para-hydroxylation sites is 4. The summed E-state index contributed by atoms with van der Waals surface area (Å²) < 4.78 is 134. The van der Waals surface area contributed by atoms with Gasteiger partial charge in [-0.25, -0.2) is 0 Å². The first-order valence-corrected chi connectivity index (χ1v) is 14.2. The lowest BCUT2D eigenvalue weighted by Crippen LogP contribution is -1.96. The normalized spacial score (nSPS) is 16.4. The molecule has 3 nitrogen and oxygen atoms in total. The molecule has 7 aromatic carbocycles. The Hall–Kier alpha value is -6.06. The summed E-state index contributed by atoms with van der Waals surface area (Å²) in [7, 11) is 0. The van der Waals surface area contributed by atoms with Crippen molar-refractivity contribution in [2.75, 3.05) is 0 Å². The summed E-state index contributed by atoms with van der Waals surface area (Å²) in [6.45, 7) is 0. The van der Waals surface area contributed by atoms with Crippen molar-refractivity contribution >= 4 is 65.6 Å². The zero-order chi connectivity index (χ0) is 41.7. The van der Waals surface area contributed by atoms with Crippen molar-refractivity contribution in [3.8, 4) is 22.5 Å². The van der Waals surface area contributed by atoms with Gasteiger partial charge < -0.3 is 13.6 Å². The summed E-state index contributed by atoms with van der Waals surface area (Å²) in [6.07, 6.45) is 0. The molecule has 0 aliphatic heterocycles. The number of furan rings is 1. The predicted octanol–water partition coefficient (Wildman–Crippen LogP) is 11.4. The van der Waals surface area contributed by atoms with E-state index in [1.54, 1.807) is 22.8 Å². The number of benzene rings is 7. The highest BCUT2D eigenvalue weighted by molar-refractivity contribution is 6.14. The Bertz CT molecular complexity index is 3510. The van der Waals surface area contributed by atoms with Crippen LogP contribution in [0.25, 0.3) is 88.1 Å². The molecule has 0 bridgehead atoms. The van der Waals surface area contributed by atoms with E-state index in [-0.39, 0.29) is 84.4 Å². The fourth-order valence-electron chi connectivity index (χ4n) is 6.41. The Morgan fingerprint density at radius 1 is 0.467 bits per heavy atom. The van der Waals surface area contributed by atoms with E-state index in [1.165, 1.54) is 10.6 Å². The lowest BCUT2D eigenvalue weighted by atomic mass is 9.99. The third-order valence-electron chi connectivity index (χ3n) is 8.29. The van der Waals surface area contributed by atoms with Crippen LogP contribution in [0.1, 0.15) is 19.2 Å². The van der Waals surface area contributed by atoms with Gasteiger partial charge in [0.1, 0.15) is 11.2 Å². The van der Waals surface area contributed by atoms with Crippen molar-refractivity contribution in [1.29, 1.82) is 0 Å². The topological polar surface area (TPSA) is 23.0 Å². The van der Waals surface area contributed by atoms with Gasteiger partial charge in [0.25, 0.3) is 0 Å². The van der Waals surface area contributed by atoms with Gasteiger partial charge in [-0.15, -0.1) is 0 Å². The monoisotopic (exact) mass is 588 g/mol. The van der Waals surface area contributed by atoms with Crippen molar-refractivity contribution in [1.82, 2.24) is 9.13 Å². The molecule has 0 fully saturated rings. The van der Waals surface area contributed by atoms with Gasteiger partial charge >= 0.3 is 0 Å². The molecule has 3 aromatic heterocycles. The highest BCUT2D eigenvalue weighted by Crippen LogP contribution is 2.40. The van der Waals surface area contributed by atoms with Crippen molar-refractivity contribution in [3.05, 3.63) is 157 Å². The van der Waals surface area contributed by atoms with Gasteiger partial charge in [-0.3, -0.25) is 0 Å². The van der Waals surface area contributed by atoms with E-state index < -0.39 is 66.5 Å². The lowest BCUT2D eigenvalue weighted by molar-refractivity contribution is 0.669. The molecule has 0 N–H and O–H groups in total. The highest BCUT2D eigenvalue weighted by atomic mass is 16.3. The Labute approximate surface area is 278 Å². The molecule has 0 radical (unpaired) electrons. The highest BCUT2D eigenvalue weighted by Gasteiger charge is 2.17. The molecule has 0 saturated carbocycles. The van der Waals surface area contributed by atoms with Crippen LogP contribution < -0.4 is 0 Å². The van der Waals surface area contributed by atoms with E-state index >= 15 is 0 Å². The fourth-order valence-corrected chi connectivity index (χ4v) is 6.41. The molecule has 0 amide bonds. The first-order valence-electron chi connectivity index (χ1n) is 21.2. The Morgan fingerprint density at radius 3 is 2.00 bits per heavy atom. The Morgan fingerprint density at radius 2 is 1.16 bits per heavy atom. The third kappa shape index (κ3) is 3.46. The summed E-state index contributed by atoms with van der Waals surface area (Å²) >= 11 is 0. The van der Waals surface area contributed by atoms with Gasteiger partial charge in [-0.2, -0.15) is 0 Å². The summed E-state index contributed by atoms with van der Waals surface area (Å²) in [4.78, 5) is 0. The van der Waals surface area contributed by atoms with Crippen LogP contribution in [0.4, 0.5) is 0 Å². The maximum atomic E-state index is 9.79. The molecule has 0 unspecified atom stereocenters. The van der Waals surface area contributed by atoms with Crippen LogP contribution in [0, 0.1) is 0 Å². The van der Waals surface area contributed by atoms with E-state index in [0.29, 0.717) is 11.0 Å². The molecule has 0 spiro atoms. The summed E-state index contributed by atoms with van der Waals surface area (Å²) in [5.74, 6) is 0. The quantitative estimate of drug-likeness (QED) is 0.201. The van der Waals surface area contributed by atoms with Crippen LogP contribution >= 0.6 is 0 Å². The van der Waals surface area contributed by atoms with E-state index in [1.807, 2.05) is 48.5 Å². The van der Waals surface area contributed by atoms with E-state index in [4.69, 9.17) is 19.5 Å². The van der Waals surface area contributed by atoms with Gasteiger partial charge in [0.05, 0.1) is 41.3 Å². The number of fused-ring (bicyclic) bond motifs is 9. The molecule has 210 valence electrons. The SMILES string of the molecule is [2H]c1c([2H])c([2H])c2c(oc3c([2H])c([2H])c([2H])c(-c4cccc(-n5c6c([2H])c([2H])c([2H])c([2H])c6c6c([2H])c(-n7c8ccccc8c8ccccc87)c([2H])c([2H])c65)c4)c32)c1[2H]. The van der Waals surface area contributed by atoms with Crippen molar-refractivity contribution in [3.63, 3.8) is 0 Å². The van der Waals surface area contributed by atoms with Gasteiger partial charge in [0, 0.05) is 43.7 Å². The van der Waals surface area contributed by atoms with Crippen LogP contribution in [0.2, 0.25) is 0 Å². The van der Waals surface area contributed by atoms with Crippen LogP contribution in [0.3, 0.4) is 0 Å². The van der Waals surface area contributed by atoms with Crippen LogP contribution in [0.15, 0.2) is 162 Å². The second-order valence-corrected chi connectivity index (χ2v) is 10.7. The molecule has 10 aromatic rings. The second kappa shape index (κ2) is 9.22. The van der Waals surface area contributed by atoms with E-state index in [2.05, 4.69) is 0 Å². The van der Waals surface area contributed by atoms with Crippen molar-refractivity contribution in [2.45, 2.75) is 0 Å². The zero-order valence-corrected chi connectivity index (χ0v) is 23.2. The number of hydrogen-bond acceptors (Lipinski definition) is 1. The van der Waals surface area contributed by atoms with Gasteiger partial charge in [-0.05, 0) is 71.6 Å². The summed E-state index contributed by atoms with van der Waals surface area (Å²) in [5.41, 5.74) is 1.27. The number of nitrogens with zero attached hydrogens (tertiary/aromatic N) is 2. The zero-order valence-electron chi connectivity index (χ0n) is 37.2. The van der Waals surface area contributed by atoms with Gasteiger partial charge in [0.15, 0.2) is 0 Å². The first kappa shape index (κ1) is 14.6. The van der Waals surface area contributed by atoms with Gasteiger partial charge in [0.2, 0.25) is 0 Å². The van der Waals surface area contributed by atoms with E-state index in [9.17, 15) is 4.11 Å². The minimum Gasteiger partial charge on any atom is -0.456 e. The van der Waals surface area contributed by atoms with Crippen LogP contribution in [0.5, 0.6) is 0 Å². The van der Waals surface area contributed by atoms with Crippen LogP contribution in [-0.4, -0.2) is 9.13 Å². The Balaban J connectivity index is 1.35. The average molecular weight is 589 g/mol. The Kier molecular flexibility index (Phi) is 2.99. The standard InChI is InChI=1S/C42H26N2O/c1-5-18-36-31(13-1)32-14-2-6-19-37(32)44(36)29-23-24-39-35(26-29)33-15-3-7-20-38(33)43(39)28-12-9-11-27(25-28)30-17-10-22-41-42(30)34-16-4-8-21-40(34)45-41/h1-26H/i3D,4D,7D,8D,10D,15D,16D,17D,20D,21D,22D,23D,24D,26D. The summed E-state index contributed by atoms with van der Waals surface area (Å²) in [5, 5.41) is 1.62. The average Bonchev–Trinajstić information content (AvgIpc) is 3.92. The molecule has 0 saturated heterocycles. The molecule has 0 aliphatic rings. The van der Waals surface area contributed by atoms with Crippen LogP contribution in [-0.2, 0) is 0 Å². The molecule has 3 heteroatoms. The first-order chi connectivity index (χ1) is 28.2. The largest absolute Gasteiger partial charge is 0.456 e. The molecule has 45 heavy (non-hydrogen) atoms. The fraction of sp³-hybridized carbons (Fsp3) is 0. The molecular formula is C42H26N2O. The lowest BCUT2D eigenvalue weighted by Gasteiger charge is -2.12. The molecular weight excluding hydrogens is 548 g/mol. The predicted molar refractivity (Wildman–Crippen MR) is 188 cm³/mol.